The molecule has 3 nitrogen and oxygen atoms in total. The summed E-state index contributed by atoms with van der Waals surface area (Å²) < 4.78 is 0. The van der Waals surface area contributed by atoms with E-state index in [9.17, 15) is 9.90 Å². The monoisotopic (exact) mass is 158 g/mol. The van der Waals surface area contributed by atoms with E-state index in [0.29, 0.717) is 12.3 Å². The molecule has 0 saturated heterocycles. The Morgan fingerprint density at radius 1 is 1.64 bits per heavy atom. The highest BCUT2D eigenvalue weighted by Crippen LogP contribution is 2.37. The summed E-state index contributed by atoms with van der Waals surface area (Å²) in [4.78, 5) is 10.3. The molecule has 2 N–H and O–H groups in total. The summed E-state index contributed by atoms with van der Waals surface area (Å²) in [6, 6.07) is 0. The van der Waals surface area contributed by atoms with Crippen molar-refractivity contribution in [1.82, 2.24) is 0 Å². The first kappa shape index (κ1) is 8.53. The Morgan fingerprint density at radius 2 is 2.18 bits per heavy atom. The van der Waals surface area contributed by atoms with Crippen LogP contribution in [0.3, 0.4) is 0 Å². The Balaban J connectivity index is 2.30. The molecule has 0 radical (unpaired) electrons. The van der Waals surface area contributed by atoms with Crippen LogP contribution in [0.5, 0.6) is 0 Å². The highest BCUT2D eigenvalue weighted by atomic mass is 16.4. The Labute approximate surface area is 66.0 Å². The molecule has 1 fully saturated rings. The number of hydrogen-bond donors (Lipinski definition) is 2. The minimum atomic E-state index is -0.993. The molecule has 0 aliphatic heterocycles. The topological polar surface area (TPSA) is 57.5 Å². The predicted octanol–water partition coefficient (Wildman–Crippen LogP) is 1.01. The number of aliphatic carboxylic acids is 1. The number of carboxylic acid groups (broad SMARTS) is 1. The first-order chi connectivity index (χ1) is 4.99. The van der Waals surface area contributed by atoms with Crippen molar-refractivity contribution in [2.45, 2.75) is 38.2 Å². The first-order valence-electron chi connectivity index (χ1n) is 3.94. The molecule has 0 bridgehead atoms. The lowest BCUT2D eigenvalue weighted by molar-refractivity contribution is -0.142. The van der Waals surface area contributed by atoms with E-state index >= 15 is 0 Å². The van der Waals surface area contributed by atoms with Gasteiger partial charge in [0.15, 0.2) is 0 Å². The van der Waals surface area contributed by atoms with E-state index in [0.717, 1.165) is 12.8 Å². The highest BCUT2D eigenvalue weighted by Gasteiger charge is 2.33. The van der Waals surface area contributed by atoms with E-state index in [-0.39, 0.29) is 6.42 Å². The van der Waals surface area contributed by atoms with Crippen LogP contribution in [0, 0.1) is 5.92 Å². The maximum atomic E-state index is 10.3. The Kier molecular flexibility index (Phi) is 2.18. The van der Waals surface area contributed by atoms with Gasteiger partial charge in [0.05, 0.1) is 12.0 Å². The molecular weight excluding hydrogens is 144 g/mol. The van der Waals surface area contributed by atoms with E-state index in [1.165, 1.54) is 0 Å². The van der Waals surface area contributed by atoms with Crippen molar-refractivity contribution in [3.05, 3.63) is 0 Å². The van der Waals surface area contributed by atoms with Crippen molar-refractivity contribution in [1.29, 1.82) is 0 Å². The number of rotatable bonds is 4. The molecule has 1 aliphatic carbocycles. The van der Waals surface area contributed by atoms with Gasteiger partial charge in [0.25, 0.3) is 0 Å². The summed E-state index contributed by atoms with van der Waals surface area (Å²) in [6.45, 7) is 1.60. The third kappa shape index (κ3) is 3.37. The molecular formula is C8H14O3. The Morgan fingerprint density at radius 3 is 2.55 bits per heavy atom. The maximum absolute atomic E-state index is 10.3. The van der Waals surface area contributed by atoms with Crippen LogP contribution in [0.25, 0.3) is 0 Å². The van der Waals surface area contributed by atoms with Gasteiger partial charge in [-0.3, -0.25) is 4.79 Å². The molecule has 0 aromatic heterocycles. The third-order valence-electron chi connectivity index (χ3n) is 1.96. The number of hydrogen-bond acceptors (Lipinski definition) is 2. The summed E-state index contributed by atoms with van der Waals surface area (Å²) in [7, 11) is 0. The van der Waals surface area contributed by atoms with Gasteiger partial charge in [-0.1, -0.05) is 12.8 Å². The zero-order valence-electron chi connectivity index (χ0n) is 6.71. The zero-order valence-corrected chi connectivity index (χ0v) is 6.71. The van der Waals surface area contributed by atoms with Crippen LogP contribution in [0.2, 0.25) is 0 Å². The Hall–Kier alpha value is -0.570. The molecule has 1 saturated carbocycles. The quantitative estimate of drug-likeness (QED) is 0.642. The lowest BCUT2D eigenvalue weighted by Crippen LogP contribution is -2.28. The second-order valence-electron chi connectivity index (χ2n) is 3.71. The molecule has 0 aromatic carbocycles. The van der Waals surface area contributed by atoms with Gasteiger partial charge in [-0.25, -0.2) is 0 Å². The molecule has 1 aliphatic rings. The van der Waals surface area contributed by atoms with E-state index in [1.807, 2.05) is 0 Å². The molecule has 64 valence electrons. The van der Waals surface area contributed by atoms with Crippen LogP contribution in [-0.4, -0.2) is 21.8 Å². The molecule has 11 heavy (non-hydrogen) atoms. The van der Waals surface area contributed by atoms with Crippen LogP contribution in [0.1, 0.15) is 32.6 Å². The SMILES string of the molecule is CC(O)(CC(=O)O)CC1CC1. The zero-order chi connectivity index (χ0) is 8.48. The van der Waals surface area contributed by atoms with Crippen LogP contribution in [-0.2, 0) is 4.79 Å². The third-order valence-corrected chi connectivity index (χ3v) is 1.96. The van der Waals surface area contributed by atoms with E-state index in [2.05, 4.69) is 0 Å². The standard InChI is InChI=1S/C8H14O3/c1-8(11,5-7(9)10)4-6-2-3-6/h6,11H,2-5H2,1H3,(H,9,10). The van der Waals surface area contributed by atoms with Gasteiger partial charge in [0.2, 0.25) is 0 Å². The van der Waals surface area contributed by atoms with Crippen LogP contribution in [0.15, 0.2) is 0 Å². The highest BCUT2D eigenvalue weighted by molar-refractivity contribution is 5.68. The average molecular weight is 158 g/mol. The van der Waals surface area contributed by atoms with Crippen molar-refractivity contribution < 1.29 is 15.0 Å². The van der Waals surface area contributed by atoms with E-state index < -0.39 is 11.6 Å². The molecule has 3 heteroatoms. The molecule has 0 aromatic rings. The number of carboxylic acids is 1. The Bertz CT molecular complexity index is 159. The molecule has 0 amide bonds. The van der Waals surface area contributed by atoms with Crippen LogP contribution < -0.4 is 0 Å². The molecule has 1 atom stereocenters. The van der Waals surface area contributed by atoms with Gasteiger partial charge in [0, 0.05) is 0 Å². The van der Waals surface area contributed by atoms with Crippen LogP contribution in [0.4, 0.5) is 0 Å². The maximum Gasteiger partial charge on any atom is 0.306 e. The summed E-state index contributed by atoms with van der Waals surface area (Å²) in [6.07, 6.45) is 2.80. The largest absolute Gasteiger partial charge is 0.481 e. The average Bonchev–Trinajstić information content (AvgIpc) is 2.43. The molecule has 1 unspecified atom stereocenters. The van der Waals surface area contributed by atoms with Gasteiger partial charge in [-0.15, -0.1) is 0 Å². The van der Waals surface area contributed by atoms with Gasteiger partial charge < -0.3 is 10.2 Å². The summed E-state index contributed by atoms with van der Waals surface area (Å²) in [5.41, 5.74) is -0.993. The lowest BCUT2D eigenvalue weighted by atomic mass is 9.95. The van der Waals surface area contributed by atoms with Crippen molar-refractivity contribution in [3.8, 4) is 0 Å². The molecule has 1 rings (SSSR count). The summed E-state index contributed by atoms with van der Waals surface area (Å²) >= 11 is 0. The molecule has 0 heterocycles. The van der Waals surface area contributed by atoms with E-state index in [4.69, 9.17) is 5.11 Å². The van der Waals surface area contributed by atoms with Crippen LogP contribution >= 0.6 is 0 Å². The minimum absolute atomic E-state index is 0.135. The van der Waals surface area contributed by atoms with Gasteiger partial charge >= 0.3 is 5.97 Å². The minimum Gasteiger partial charge on any atom is -0.481 e. The van der Waals surface area contributed by atoms with Crippen molar-refractivity contribution in [2.75, 3.05) is 0 Å². The van der Waals surface area contributed by atoms with Gasteiger partial charge in [0.1, 0.15) is 0 Å². The van der Waals surface area contributed by atoms with E-state index in [1.54, 1.807) is 6.92 Å². The normalized spacial score (nSPS) is 22.7. The fourth-order valence-electron chi connectivity index (χ4n) is 1.34. The number of carbonyl (C=O) groups is 1. The summed E-state index contributed by atoms with van der Waals surface area (Å²) in [5.74, 6) is -0.347. The smallest absolute Gasteiger partial charge is 0.306 e. The molecule has 0 spiro atoms. The van der Waals surface area contributed by atoms with Gasteiger partial charge in [-0.2, -0.15) is 0 Å². The number of aliphatic hydroxyl groups is 1. The second kappa shape index (κ2) is 2.81. The predicted molar refractivity (Wildman–Crippen MR) is 40.2 cm³/mol. The fraction of sp³-hybridized carbons (Fsp3) is 0.875. The summed E-state index contributed by atoms with van der Waals surface area (Å²) in [5, 5.41) is 17.9. The van der Waals surface area contributed by atoms with Gasteiger partial charge in [-0.05, 0) is 19.3 Å². The fourth-order valence-corrected chi connectivity index (χ4v) is 1.34. The second-order valence-corrected chi connectivity index (χ2v) is 3.71. The first-order valence-corrected chi connectivity index (χ1v) is 3.94. The van der Waals surface area contributed by atoms with Crippen molar-refractivity contribution in [3.63, 3.8) is 0 Å². The van der Waals surface area contributed by atoms with Crippen molar-refractivity contribution in [2.24, 2.45) is 5.92 Å². The van der Waals surface area contributed by atoms with Crippen molar-refractivity contribution >= 4 is 5.97 Å². The lowest BCUT2D eigenvalue weighted by Gasteiger charge is -2.20.